The van der Waals surface area contributed by atoms with E-state index in [1.807, 2.05) is 37.3 Å². The van der Waals surface area contributed by atoms with Crippen molar-refractivity contribution in [2.24, 2.45) is 5.92 Å². The van der Waals surface area contributed by atoms with E-state index in [1.165, 1.54) is 5.56 Å². The highest BCUT2D eigenvalue weighted by Gasteiger charge is 2.08. The molecule has 1 aromatic carbocycles. The van der Waals surface area contributed by atoms with E-state index in [0.717, 1.165) is 6.42 Å². The van der Waals surface area contributed by atoms with Crippen LogP contribution >= 0.6 is 15.9 Å². The molecule has 0 radical (unpaired) electrons. The third-order valence-electron chi connectivity index (χ3n) is 1.77. The molecule has 0 aliphatic rings. The first-order valence-electron chi connectivity index (χ1n) is 3.93. The van der Waals surface area contributed by atoms with Crippen LogP contribution in [0.15, 0.2) is 30.3 Å². The van der Waals surface area contributed by atoms with Crippen molar-refractivity contribution in [2.75, 3.05) is 0 Å². The quantitative estimate of drug-likeness (QED) is 0.725. The number of benzene rings is 1. The van der Waals surface area contributed by atoms with E-state index in [-0.39, 0.29) is 10.6 Å². The first kappa shape index (κ1) is 9.46. The lowest BCUT2D eigenvalue weighted by atomic mass is 10.0. The molecule has 0 spiro atoms. The second kappa shape index (κ2) is 4.41. The molecule has 0 saturated heterocycles. The predicted octanol–water partition coefficient (Wildman–Crippen LogP) is 2.79. The van der Waals surface area contributed by atoms with Crippen LogP contribution in [0.4, 0.5) is 0 Å². The summed E-state index contributed by atoms with van der Waals surface area (Å²) in [4.78, 5) is 10.9. The van der Waals surface area contributed by atoms with E-state index in [4.69, 9.17) is 0 Å². The van der Waals surface area contributed by atoms with Crippen molar-refractivity contribution in [2.45, 2.75) is 13.3 Å². The Kier molecular flexibility index (Phi) is 3.48. The standard InChI is InChI=1S/C10H11BrO/c1-8(10(11)12)7-9-5-3-2-4-6-9/h2-6,8H,7H2,1H3/t8-/m1/s1. The third kappa shape index (κ3) is 2.78. The monoisotopic (exact) mass is 226 g/mol. The van der Waals surface area contributed by atoms with Gasteiger partial charge in [-0.1, -0.05) is 37.3 Å². The molecule has 1 nitrogen and oxygen atoms in total. The van der Waals surface area contributed by atoms with Gasteiger partial charge in [-0.25, -0.2) is 0 Å². The van der Waals surface area contributed by atoms with Gasteiger partial charge >= 0.3 is 0 Å². The third-order valence-corrected chi connectivity index (χ3v) is 2.55. The molecule has 2 heteroatoms. The van der Waals surface area contributed by atoms with Crippen molar-refractivity contribution in [1.82, 2.24) is 0 Å². The Labute approximate surface area is 80.9 Å². The van der Waals surface area contributed by atoms with Gasteiger partial charge in [0.25, 0.3) is 0 Å². The van der Waals surface area contributed by atoms with Gasteiger partial charge in [-0.05, 0) is 27.9 Å². The van der Waals surface area contributed by atoms with Gasteiger partial charge in [-0.3, -0.25) is 4.79 Å². The molecule has 0 heterocycles. The number of carbonyl (C=O) groups excluding carboxylic acids is 1. The minimum atomic E-state index is 0.0624. The van der Waals surface area contributed by atoms with Crippen LogP contribution < -0.4 is 0 Å². The van der Waals surface area contributed by atoms with Crippen molar-refractivity contribution in [1.29, 1.82) is 0 Å². The molecule has 0 bridgehead atoms. The van der Waals surface area contributed by atoms with E-state index < -0.39 is 0 Å². The van der Waals surface area contributed by atoms with E-state index in [1.54, 1.807) is 0 Å². The highest BCUT2D eigenvalue weighted by atomic mass is 79.9. The Morgan fingerprint density at radius 2 is 2.00 bits per heavy atom. The zero-order valence-corrected chi connectivity index (χ0v) is 8.54. The normalized spacial score (nSPS) is 12.5. The van der Waals surface area contributed by atoms with Gasteiger partial charge in [-0.2, -0.15) is 0 Å². The lowest BCUT2D eigenvalue weighted by Crippen LogP contribution is -2.06. The molecule has 0 N–H and O–H groups in total. The van der Waals surface area contributed by atoms with E-state index in [2.05, 4.69) is 15.9 Å². The second-order valence-electron chi connectivity index (χ2n) is 2.89. The lowest BCUT2D eigenvalue weighted by Gasteiger charge is -2.05. The summed E-state index contributed by atoms with van der Waals surface area (Å²) < 4.78 is 0.0753. The van der Waals surface area contributed by atoms with Crippen molar-refractivity contribution < 1.29 is 4.79 Å². The van der Waals surface area contributed by atoms with Crippen molar-refractivity contribution >= 4 is 20.6 Å². The smallest absolute Gasteiger partial charge is 0.200 e. The van der Waals surface area contributed by atoms with Crippen LogP contribution in [0.2, 0.25) is 0 Å². The summed E-state index contributed by atoms with van der Waals surface area (Å²) in [5.74, 6) is 0.0624. The Bertz CT molecular complexity index is 256. The van der Waals surface area contributed by atoms with Gasteiger partial charge in [0.2, 0.25) is 4.69 Å². The Morgan fingerprint density at radius 1 is 1.42 bits per heavy atom. The molecular weight excluding hydrogens is 216 g/mol. The first-order chi connectivity index (χ1) is 5.70. The van der Waals surface area contributed by atoms with Crippen LogP contribution in [0, 0.1) is 5.92 Å². The van der Waals surface area contributed by atoms with Gasteiger partial charge < -0.3 is 0 Å². The summed E-state index contributed by atoms with van der Waals surface area (Å²) in [5, 5.41) is 0. The van der Waals surface area contributed by atoms with Crippen LogP contribution in [0.5, 0.6) is 0 Å². The highest BCUT2D eigenvalue weighted by Crippen LogP contribution is 2.11. The molecular formula is C10H11BrO. The highest BCUT2D eigenvalue weighted by molar-refractivity contribution is 9.18. The SMILES string of the molecule is C[C@H](Cc1ccccc1)C(=O)Br. The van der Waals surface area contributed by atoms with Gasteiger partial charge in [0.1, 0.15) is 0 Å². The molecule has 0 saturated carbocycles. The minimum absolute atomic E-state index is 0.0624. The fraction of sp³-hybridized carbons (Fsp3) is 0.300. The maximum atomic E-state index is 10.9. The molecule has 0 aliphatic carbocycles. The minimum Gasteiger partial charge on any atom is -0.286 e. The van der Waals surface area contributed by atoms with Crippen molar-refractivity contribution in [3.8, 4) is 0 Å². The van der Waals surface area contributed by atoms with E-state index in [9.17, 15) is 4.79 Å². The number of hydrogen-bond acceptors (Lipinski definition) is 1. The molecule has 0 fully saturated rings. The zero-order valence-electron chi connectivity index (χ0n) is 6.96. The molecule has 64 valence electrons. The number of halogens is 1. The zero-order chi connectivity index (χ0) is 8.97. The second-order valence-corrected chi connectivity index (χ2v) is 3.68. The Morgan fingerprint density at radius 3 is 2.50 bits per heavy atom. The maximum absolute atomic E-state index is 10.9. The number of hydrogen-bond donors (Lipinski definition) is 0. The summed E-state index contributed by atoms with van der Waals surface area (Å²) in [6.07, 6.45) is 0.810. The molecule has 1 atom stereocenters. The summed E-state index contributed by atoms with van der Waals surface area (Å²) in [7, 11) is 0. The van der Waals surface area contributed by atoms with Crippen LogP contribution in [0.25, 0.3) is 0 Å². The summed E-state index contributed by atoms with van der Waals surface area (Å²) >= 11 is 2.96. The Hall–Kier alpha value is -0.630. The number of carbonyl (C=O) groups is 1. The van der Waals surface area contributed by atoms with Gasteiger partial charge in [-0.15, -0.1) is 0 Å². The van der Waals surface area contributed by atoms with Gasteiger partial charge in [0.05, 0.1) is 0 Å². The van der Waals surface area contributed by atoms with Crippen LogP contribution in [0.3, 0.4) is 0 Å². The maximum Gasteiger partial charge on any atom is 0.200 e. The molecule has 0 unspecified atom stereocenters. The van der Waals surface area contributed by atoms with Crippen LogP contribution in [-0.2, 0) is 11.2 Å². The van der Waals surface area contributed by atoms with E-state index >= 15 is 0 Å². The molecule has 0 aromatic heterocycles. The molecule has 1 rings (SSSR count). The average molecular weight is 227 g/mol. The van der Waals surface area contributed by atoms with Crippen LogP contribution in [-0.4, -0.2) is 4.69 Å². The van der Waals surface area contributed by atoms with Gasteiger partial charge in [0, 0.05) is 5.92 Å². The topological polar surface area (TPSA) is 17.1 Å². The van der Waals surface area contributed by atoms with Crippen LogP contribution in [0.1, 0.15) is 12.5 Å². The molecule has 1 aromatic rings. The van der Waals surface area contributed by atoms with E-state index in [0.29, 0.717) is 0 Å². The summed E-state index contributed by atoms with van der Waals surface area (Å²) in [6.45, 7) is 1.92. The summed E-state index contributed by atoms with van der Waals surface area (Å²) in [6, 6.07) is 10.0. The largest absolute Gasteiger partial charge is 0.286 e. The summed E-state index contributed by atoms with van der Waals surface area (Å²) in [5.41, 5.74) is 1.21. The predicted molar refractivity (Wildman–Crippen MR) is 53.2 cm³/mol. The van der Waals surface area contributed by atoms with Crippen molar-refractivity contribution in [3.63, 3.8) is 0 Å². The molecule has 0 amide bonds. The first-order valence-corrected chi connectivity index (χ1v) is 4.72. The fourth-order valence-electron chi connectivity index (χ4n) is 1.05. The fourth-order valence-corrected chi connectivity index (χ4v) is 1.21. The Balaban J connectivity index is 2.58. The average Bonchev–Trinajstić information content (AvgIpc) is 2.06. The van der Waals surface area contributed by atoms with Gasteiger partial charge in [0.15, 0.2) is 0 Å². The lowest BCUT2D eigenvalue weighted by molar-refractivity contribution is -0.113. The number of rotatable bonds is 3. The molecule has 0 aliphatic heterocycles. The molecule has 12 heavy (non-hydrogen) atoms. The van der Waals surface area contributed by atoms with Crippen molar-refractivity contribution in [3.05, 3.63) is 35.9 Å².